The number of rotatable bonds is 1. The Labute approximate surface area is 232 Å². The van der Waals surface area contributed by atoms with Crippen LogP contribution in [0.5, 0.6) is 0 Å². The van der Waals surface area contributed by atoms with Crippen LogP contribution in [-0.2, 0) is 9.18 Å². The van der Waals surface area contributed by atoms with E-state index in [0.29, 0.717) is 16.9 Å². The molecule has 8 N–H and O–H groups in total. The third-order valence-corrected chi connectivity index (χ3v) is 3.62. The summed E-state index contributed by atoms with van der Waals surface area (Å²) >= 11 is 4.28. The van der Waals surface area contributed by atoms with Crippen LogP contribution in [0, 0.1) is 0 Å². The van der Waals surface area contributed by atoms with E-state index in [2.05, 4.69) is 27.5 Å². The van der Waals surface area contributed by atoms with Gasteiger partial charge in [-0.25, -0.2) is 4.79 Å². The molecule has 10 heteroatoms. The maximum Gasteiger partial charge on any atom is 0.337 e. The van der Waals surface area contributed by atoms with Gasteiger partial charge in [0.1, 0.15) is 0 Å². The second-order valence-electron chi connectivity index (χ2n) is 5.72. The molecule has 3 aromatic carbocycles. The van der Waals surface area contributed by atoms with Gasteiger partial charge in [-0.3, -0.25) is 9.59 Å². The van der Waals surface area contributed by atoms with Crippen LogP contribution in [0.25, 0.3) is 0 Å². The molecule has 0 unspecified atom stereocenters. The number of para-hydroxylation sites is 3. The van der Waals surface area contributed by atoms with Crippen LogP contribution in [0.2, 0.25) is 0 Å². The molecular formula is C28H43ClN4O5. The lowest BCUT2D eigenvalue weighted by Gasteiger charge is -1.96. The summed E-state index contributed by atoms with van der Waals surface area (Å²) in [5.74, 6) is 2.14. The summed E-state index contributed by atoms with van der Waals surface area (Å²) < 4.78 is 3.22. The second kappa shape index (κ2) is 27.7. The van der Waals surface area contributed by atoms with Gasteiger partial charge in [-0.15, -0.1) is 0 Å². The summed E-state index contributed by atoms with van der Waals surface area (Å²) in [5.41, 5.74) is 13.1. The molecule has 9 nitrogen and oxygen atoms in total. The number of nitrogen functional groups attached to an aromatic ring is 2. The second-order valence-corrected chi connectivity index (χ2v) is 5.90. The number of carbonyl (C=O) groups excluding carboxylic acids is 2. The van der Waals surface area contributed by atoms with Crippen molar-refractivity contribution < 1.29 is 23.9 Å². The number of hydrogen-bond donors (Lipinski definition) is 5. The number of ketones is 1. The van der Waals surface area contributed by atoms with Crippen molar-refractivity contribution in [3.05, 3.63) is 90.0 Å². The minimum Gasteiger partial charge on any atom is -0.478 e. The highest BCUT2D eigenvalue weighted by atomic mass is 35.5. The van der Waals surface area contributed by atoms with E-state index in [-0.39, 0.29) is 13.0 Å². The van der Waals surface area contributed by atoms with Crippen molar-refractivity contribution in [2.24, 2.45) is 5.90 Å². The van der Waals surface area contributed by atoms with Crippen molar-refractivity contribution in [2.45, 2.75) is 49.0 Å². The lowest BCUT2D eigenvalue weighted by Crippen LogP contribution is -2.12. The van der Waals surface area contributed by atoms with Gasteiger partial charge in [0.15, 0.2) is 0 Å². The van der Waals surface area contributed by atoms with Gasteiger partial charge in [0.05, 0.1) is 28.7 Å². The van der Waals surface area contributed by atoms with E-state index in [0.717, 1.165) is 5.69 Å². The smallest absolute Gasteiger partial charge is 0.337 e. The predicted molar refractivity (Wildman–Crippen MR) is 160 cm³/mol. The number of nitrogens with two attached hydrogens (primary N) is 3. The minimum absolute atomic E-state index is 0. The number of aromatic carboxylic acids is 1. The van der Waals surface area contributed by atoms with Crippen molar-refractivity contribution in [1.82, 2.24) is 0 Å². The Hall–Kier alpha value is -3.92. The number of anilines is 3. The highest BCUT2D eigenvalue weighted by molar-refractivity contribution is 6.51. The first-order valence-corrected chi connectivity index (χ1v) is 11.9. The van der Waals surface area contributed by atoms with Gasteiger partial charge in [-0.2, -0.15) is 10.3 Å². The summed E-state index contributed by atoms with van der Waals surface area (Å²) in [5, 5.41) is 10.9. The van der Waals surface area contributed by atoms with E-state index < -0.39 is 17.7 Å². The molecule has 4 rings (SSSR count). The fourth-order valence-electron chi connectivity index (χ4n) is 2.24. The Balaban J connectivity index is -0.000000199. The van der Waals surface area contributed by atoms with Gasteiger partial charge in [-0.1, -0.05) is 91.4 Å². The predicted octanol–water partition coefficient (Wildman–Crippen LogP) is 6.80. The lowest BCUT2D eigenvalue weighted by molar-refractivity contribution is -0.112. The Morgan fingerprint density at radius 2 is 1.21 bits per heavy atom. The molecule has 0 atom stereocenters. The highest BCUT2D eigenvalue weighted by Gasteiger charge is 2.26. The van der Waals surface area contributed by atoms with Gasteiger partial charge in [0.2, 0.25) is 0 Å². The molecular weight excluding hydrogens is 508 g/mol. The van der Waals surface area contributed by atoms with E-state index in [1.165, 1.54) is 6.07 Å². The molecule has 0 saturated carbocycles. The largest absolute Gasteiger partial charge is 0.478 e. The standard InChI is InChI=1S/C8H5NO2.C7H7NO2.C6H7N.3C2H6.CH4.ClH2NO/c10-7-5-3-1-2-4-6(5)9-8(7)11;8-6-4-2-1-3-5(6)7(9)10;7-6-4-2-1-3-5-6;3*1-2;;1-3-2/h1-4H,(H,9,10,11);1-4H,8H2,(H,9,10);1-5H,7H2;3*1-2H3;1H4;2H2. The molecule has 0 saturated heterocycles. The zero-order chi connectivity index (χ0) is 29.2. The van der Waals surface area contributed by atoms with E-state index in [4.69, 9.17) is 16.6 Å². The molecule has 38 heavy (non-hydrogen) atoms. The Morgan fingerprint density at radius 3 is 1.58 bits per heavy atom. The topological polar surface area (TPSA) is 171 Å². The molecule has 1 heterocycles. The van der Waals surface area contributed by atoms with Crippen molar-refractivity contribution >= 4 is 46.6 Å². The molecule has 1 aliphatic rings. The SMILES string of the molecule is C.CC.CC.CC.NOCl.Nc1ccccc1.Nc1ccccc1C(=O)O.O=C1Nc2ccccc2C1=O. The quantitative estimate of drug-likeness (QED) is 0.125. The zero-order valence-electron chi connectivity index (χ0n) is 22.2. The molecule has 0 spiro atoms. The molecule has 1 aliphatic heterocycles. The number of carbonyl (C=O) groups is 3. The molecule has 0 fully saturated rings. The van der Waals surface area contributed by atoms with Crippen molar-refractivity contribution in [2.75, 3.05) is 16.8 Å². The summed E-state index contributed by atoms with van der Waals surface area (Å²) in [6.45, 7) is 12.0. The maximum absolute atomic E-state index is 11.0. The van der Waals surface area contributed by atoms with Gasteiger partial charge in [-0.05, 0) is 36.4 Å². The molecule has 0 aliphatic carbocycles. The average Bonchev–Trinajstić information content (AvgIpc) is 3.22. The molecule has 0 radical (unpaired) electrons. The number of hydrogen-bond acceptors (Lipinski definition) is 7. The Bertz CT molecular complexity index is 1020. The third kappa shape index (κ3) is 17.5. The van der Waals surface area contributed by atoms with Crippen molar-refractivity contribution in [3.63, 3.8) is 0 Å². The van der Waals surface area contributed by atoms with Gasteiger partial charge in [0, 0.05) is 11.4 Å². The van der Waals surface area contributed by atoms with E-state index in [1.54, 1.807) is 42.5 Å². The van der Waals surface area contributed by atoms with E-state index >= 15 is 0 Å². The normalized spacial score (nSPS) is 9.16. The first-order valence-electron chi connectivity index (χ1n) is 11.6. The molecule has 0 aromatic heterocycles. The lowest BCUT2D eigenvalue weighted by atomic mass is 10.1. The van der Waals surface area contributed by atoms with E-state index in [1.807, 2.05) is 71.9 Å². The van der Waals surface area contributed by atoms with Crippen LogP contribution in [0.1, 0.15) is 69.7 Å². The number of halogens is 1. The summed E-state index contributed by atoms with van der Waals surface area (Å²) in [4.78, 5) is 32.1. The van der Waals surface area contributed by atoms with Gasteiger partial charge >= 0.3 is 5.97 Å². The monoisotopic (exact) mass is 550 g/mol. The van der Waals surface area contributed by atoms with Crippen molar-refractivity contribution in [3.8, 4) is 0 Å². The van der Waals surface area contributed by atoms with Crippen LogP contribution < -0.4 is 22.7 Å². The zero-order valence-corrected chi connectivity index (χ0v) is 23.0. The van der Waals surface area contributed by atoms with Crippen LogP contribution in [-0.4, -0.2) is 22.8 Å². The number of Topliss-reactive ketones (excluding diaryl/α,β-unsaturated/α-hetero) is 1. The Morgan fingerprint density at radius 1 is 0.789 bits per heavy atom. The molecule has 0 bridgehead atoms. The Kier molecular flexibility index (Phi) is 30.0. The number of carboxylic acids is 1. The molecule has 212 valence electrons. The maximum atomic E-state index is 11.0. The van der Waals surface area contributed by atoms with Crippen LogP contribution in [0.3, 0.4) is 0 Å². The summed E-state index contributed by atoms with van der Waals surface area (Å²) in [6, 6.07) is 22.7. The average molecular weight is 551 g/mol. The summed E-state index contributed by atoms with van der Waals surface area (Å²) in [6.07, 6.45) is 0. The summed E-state index contributed by atoms with van der Waals surface area (Å²) in [7, 11) is 0. The van der Waals surface area contributed by atoms with Crippen LogP contribution in [0.4, 0.5) is 17.1 Å². The van der Waals surface area contributed by atoms with Crippen molar-refractivity contribution in [1.29, 1.82) is 0 Å². The third-order valence-electron chi connectivity index (χ3n) is 3.62. The minimum atomic E-state index is -0.988. The number of amides is 1. The number of nitrogens with one attached hydrogen (secondary N) is 1. The fraction of sp³-hybridized carbons (Fsp3) is 0.250. The fourth-order valence-corrected chi connectivity index (χ4v) is 2.24. The molecule has 3 aromatic rings. The number of carboxylic acid groups (broad SMARTS) is 1. The van der Waals surface area contributed by atoms with Gasteiger partial charge < -0.3 is 21.9 Å². The number of benzene rings is 3. The number of fused-ring (bicyclic) bond motifs is 1. The van der Waals surface area contributed by atoms with Crippen LogP contribution >= 0.6 is 11.9 Å². The first-order chi connectivity index (χ1) is 17.8. The van der Waals surface area contributed by atoms with E-state index in [9.17, 15) is 14.4 Å². The van der Waals surface area contributed by atoms with Crippen LogP contribution in [0.15, 0.2) is 78.9 Å². The molecule has 1 amide bonds. The van der Waals surface area contributed by atoms with Gasteiger partial charge in [0.25, 0.3) is 11.7 Å². The highest BCUT2D eigenvalue weighted by Crippen LogP contribution is 2.21. The first kappa shape index (κ1) is 41.2.